The molecule has 1 aromatic heterocycles. The molecule has 0 atom stereocenters. The van der Waals surface area contributed by atoms with Crippen molar-refractivity contribution in [2.75, 3.05) is 0 Å². The van der Waals surface area contributed by atoms with E-state index in [0.717, 1.165) is 39.9 Å². The molecule has 1 heterocycles. The van der Waals surface area contributed by atoms with Crippen molar-refractivity contribution < 1.29 is 9.84 Å². The van der Waals surface area contributed by atoms with E-state index >= 15 is 0 Å². The number of rotatable bonds is 6. The van der Waals surface area contributed by atoms with E-state index in [-0.39, 0.29) is 6.61 Å². The molecule has 4 nitrogen and oxygen atoms in total. The molecule has 1 fully saturated rings. The minimum absolute atomic E-state index is 0.0752. The van der Waals surface area contributed by atoms with Gasteiger partial charge in [-0.3, -0.25) is 4.68 Å². The van der Waals surface area contributed by atoms with Gasteiger partial charge < -0.3 is 9.84 Å². The average Bonchev–Trinajstić information content (AvgIpc) is 3.03. The Kier molecular flexibility index (Phi) is 5.09. The maximum Gasteiger partial charge on any atom is 0.120 e. The van der Waals surface area contributed by atoms with Gasteiger partial charge in [-0.05, 0) is 49.1 Å². The predicted molar refractivity (Wildman–Crippen MR) is 105 cm³/mol. The highest BCUT2D eigenvalue weighted by Crippen LogP contribution is 2.30. The number of aromatic nitrogens is 2. The second-order valence-corrected chi connectivity index (χ2v) is 7.48. The van der Waals surface area contributed by atoms with Crippen LogP contribution in [0.1, 0.15) is 30.5 Å². The summed E-state index contributed by atoms with van der Waals surface area (Å²) < 4.78 is 9.02. The summed E-state index contributed by atoms with van der Waals surface area (Å²) in [7, 11) is 0. The SMILES string of the molecule is OCc1cc(-c2cccc(OC3CCC3)c2)n(Cc2ccccc2Br)n1. The van der Waals surface area contributed by atoms with E-state index in [1.807, 2.05) is 41.1 Å². The minimum Gasteiger partial charge on any atom is -0.490 e. The van der Waals surface area contributed by atoms with Gasteiger partial charge >= 0.3 is 0 Å². The van der Waals surface area contributed by atoms with Crippen LogP contribution in [0.2, 0.25) is 0 Å². The van der Waals surface area contributed by atoms with Gasteiger partial charge in [-0.15, -0.1) is 0 Å². The van der Waals surface area contributed by atoms with E-state index in [1.54, 1.807) is 0 Å². The van der Waals surface area contributed by atoms with Gasteiger partial charge in [0, 0.05) is 10.0 Å². The molecule has 134 valence electrons. The highest BCUT2D eigenvalue weighted by Gasteiger charge is 2.19. The lowest BCUT2D eigenvalue weighted by Gasteiger charge is -2.26. The second-order valence-electron chi connectivity index (χ2n) is 6.63. The van der Waals surface area contributed by atoms with E-state index in [0.29, 0.717) is 18.3 Å². The standard InChI is InChI=1S/C21H21BrN2O2/c22-20-10-2-1-5-16(20)13-24-21(12-17(14-25)23-24)15-6-3-9-19(11-15)26-18-7-4-8-18/h1-3,5-6,9-12,18,25H,4,7-8,13-14H2. The molecule has 2 aromatic carbocycles. The summed E-state index contributed by atoms with van der Waals surface area (Å²) in [6.07, 6.45) is 3.88. The quantitative estimate of drug-likeness (QED) is 0.633. The highest BCUT2D eigenvalue weighted by molar-refractivity contribution is 9.10. The van der Waals surface area contributed by atoms with Crippen molar-refractivity contribution in [2.24, 2.45) is 0 Å². The third-order valence-corrected chi connectivity index (χ3v) is 5.53. The van der Waals surface area contributed by atoms with E-state index in [4.69, 9.17) is 4.74 Å². The normalized spacial score (nSPS) is 14.2. The van der Waals surface area contributed by atoms with Crippen LogP contribution >= 0.6 is 15.9 Å². The van der Waals surface area contributed by atoms with Crippen LogP contribution in [0.5, 0.6) is 5.75 Å². The van der Waals surface area contributed by atoms with Gasteiger partial charge in [0.15, 0.2) is 0 Å². The zero-order valence-corrected chi connectivity index (χ0v) is 16.0. The zero-order chi connectivity index (χ0) is 17.9. The fraction of sp³-hybridized carbons (Fsp3) is 0.286. The van der Waals surface area contributed by atoms with Crippen molar-refractivity contribution in [3.05, 3.63) is 70.3 Å². The molecular weight excluding hydrogens is 392 g/mol. The van der Waals surface area contributed by atoms with E-state index in [1.165, 1.54) is 6.42 Å². The lowest BCUT2D eigenvalue weighted by atomic mass is 9.96. The van der Waals surface area contributed by atoms with Crippen LogP contribution in [0.25, 0.3) is 11.3 Å². The monoisotopic (exact) mass is 412 g/mol. The number of nitrogens with zero attached hydrogens (tertiary/aromatic N) is 2. The fourth-order valence-corrected chi connectivity index (χ4v) is 3.51. The first-order chi connectivity index (χ1) is 12.7. The Bertz CT molecular complexity index is 903. The molecular formula is C21H21BrN2O2. The third kappa shape index (κ3) is 3.69. The Hall–Kier alpha value is -2.11. The molecule has 1 saturated carbocycles. The molecule has 0 radical (unpaired) electrons. The lowest BCUT2D eigenvalue weighted by Crippen LogP contribution is -2.24. The van der Waals surface area contributed by atoms with Gasteiger partial charge in [0.1, 0.15) is 5.75 Å². The Morgan fingerprint density at radius 2 is 1.96 bits per heavy atom. The van der Waals surface area contributed by atoms with Crippen molar-refractivity contribution in [2.45, 2.75) is 38.5 Å². The maximum absolute atomic E-state index is 9.55. The summed E-state index contributed by atoms with van der Waals surface area (Å²) in [4.78, 5) is 0. The number of aliphatic hydroxyl groups excluding tert-OH is 1. The summed E-state index contributed by atoms with van der Waals surface area (Å²) in [5.74, 6) is 0.895. The van der Waals surface area contributed by atoms with Gasteiger partial charge in [-0.2, -0.15) is 5.10 Å². The number of halogens is 1. The number of aliphatic hydroxyl groups is 1. The van der Waals surface area contributed by atoms with Crippen molar-refractivity contribution in [3.63, 3.8) is 0 Å². The van der Waals surface area contributed by atoms with E-state index < -0.39 is 0 Å². The van der Waals surface area contributed by atoms with Gasteiger partial charge in [0.05, 0.1) is 30.6 Å². The summed E-state index contributed by atoms with van der Waals surface area (Å²) in [6.45, 7) is 0.554. The molecule has 0 saturated heterocycles. The largest absolute Gasteiger partial charge is 0.490 e. The molecule has 0 unspecified atom stereocenters. The average molecular weight is 413 g/mol. The predicted octanol–water partition coefficient (Wildman–Crippen LogP) is 4.78. The van der Waals surface area contributed by atoms with Crippen LogP contribution in [0, 0.1) is 0 Å². The van der Waals surface area contributed by atoms with E-state index in [9.17, 15) is 5.11 Å². The molecule has 4 rings (SSSR count). The number of hydrogen-bond acceptors (Lipinski definition) is 3. The first-order valence-electron chi connectivity index (χ1n) is 8.91. The van der Waals surface area contributed by atoms with Gasteiger partial charge in [0.25, 0.3) is 0 Å². The highest BCUT2D eigenvalue weighted by atomic mass is 79.9. The van der Waals surface area contributed by atoms with Crippen molar-refractivity contribution >= 4 is 15.9 Å². The van der Waals surface area contributed by atoms with Crippen LogP contribution in [0.4, 0.5) is 0 Å². The Morgan fingerprint density at radius 1 is 1.12 bits per heavy atom. The van der Waals surface area contributed by atoms with Crippen molar-refractivity contribution in [1.29, 1.82) is 0 Å². The van der Waals surface area contributed by atoms with E-state index in [2.05, 4.69) is 39.2 Å². The summed E-state index contributed by atoms with van der Waals surface area (Å²) in [5.41, 5.74) is 3.82. The first-order valence-corrected chi connectivity index (χ1v) is 9.70. The Morgan fingerprint density at radius 3 is 2.69 bits per heavy atom. The fourth-order valence-electron chi connectivity index (χ4n) is 3.10. The summed E-state index contributed by atoms with van der Waals surface area (Å²) >= 11 is 3.60. The molecule has 26 heavy (non-hydrogen) atoms. The summed E-state index contributed by atoms with van der Waals surface area (Å²) in [5, 5.41) is 14.1. The first kappa shape index (κ1) is 17.3. The van der Waals surface area contributed by atoms with Crippen molar-refractivity contribution in [3.8, 4) is 17.0 Å². The van der Waals surface area contributed by atoms with Crippen LogP contribution in [0.15, 0.2) is 59.1 Å². The van der Waals surface area contributed by atoms with Crippen LogP contribution < -0.4 is 4.74 Å². The van der Waals surface area contributed by atoms with Crippen LogP contribution in [-0.2, 0) is 13.2 Å². The zero-order valence-electron chi connectivity index (χ0n) is 14.4. The number of hydrogen-bond donors (Lipinski definition) is 1. The molecule has 1 aliphatic carbocycles. The van der Waals surface area contributed by atoms with Crippen LogP contribution in [0.3, 0.4) is 0 Å². The number of ether oxygens (including phenoxy) is 1. The Labute approximate surface area is 161 Å². The molecule has 3 aromatic rings. The lowest BCUT2D eigenvalue weighted by molar-refractivity contribution is 0.120. The molecule has 1 aliphatic rings. The molecule has 5 heteroatoms. The van der Waals surface area contributed by atoms with Crippen LogP contribution in [-0.4, -0.2) is 21.0 Å². The molecule has 1 N–H and O–H groups in total. The molecule has 0 amide bonds. The van der Waals surface area contributed by atoms with Gasteiger partial charge in [-0.25, -0.2) is 0 Å². The molecule has 0 aliphatic heterocycles. The summed E-state index contributed by atoms with van der Waals surface area (Å²) in [6, 6.07) is 18.2. The van der Waals surface area contributed by atoms with Gasteiger partial charge in [-0.1, -0.05) is 46.3 Å². The second kappa shape index (κ2) is 7.64. The smallest absolute Gasteiger partial charge is 0.120 e. The third-order valence-electron chi connectivity index (χ3n) is 4.76. The maximum atomic E-state index is 9.55. The number of benzene rings is 2. The van der Waals surface area contributed by atoms with Crippen molar-refractivity contribution in [1.82, 2.24) is 9.78 Å². The molecule has 0 spiro atoms. The minimum atomic E-state index is -0.0752. The molecule has 0 bridgehead atoms. The topological polar surface area (TPSA) is 47.3 Å². The Balaban J connectivity index is 1.66. The van der Waals surface area contributed by atoms with Gasteiger partial charge in [0.2, 0.25) is 0 Å².